The number of amides is 2. The standard InChI is InChI=1S/C27H36N2O5/c1-17(2)24-22-10-9-21(15-18(22)12-13-29(24)26(31)34-27(3,4)5)33-16-20-14-19(25(30)28-6)8-11-23(20)32-7/h8-11,14-15,17,24H,12-13,16H2,1-7H3,(H,28,30). The van der Waals surface area contributed by atoms with E-state index >= 15 is 0 Å². The van der Waals surface area contributed by atoms with Crippen molar-refractivity contribution in [2.75, 3.05) is 20.7 Å². The maximum atomic E-state index is 12.9. The van der Waals surface area contributed by atoms with Gasteiger partial charge >= 0.3 is 6.09 Å². The fourth-order valence-corrected chi connectivity index (χ4v) is 4.31. The van der Waals surface area contributed by atoms with E-state index in [1.165, 1.54) is 5.56 Å². The summed E-state index contributed by atoms with van der Waals surface area (Å²) in [5.74, 6) is 1.47. The minimum absolute atomic E-state index is 0.0584. The van der Waals surface area contributed by atoms with Crippen molar-refractivity contribution in [1.29, 1.82) is 0 Å². The number of hydrogen-bond acceptors (Lipinski definition) is 5. The lowest BCUT2D eigenvalue weighted by Crippen LogP contribution is -2.44. The molecule has 1 N–H and O–H groups in total. The van der Waals surface area contributed by atoms with Crippen LogP contribution in [0.1, 0.15) is 67.7 Å². The Morgan fingerprint density at radius 1 is 1.15 bits per heavy atom. The number of fused-ring (bicyclic) bond motifs is 1. The van der Waals surface area contributed by atoms with Gasteiger partial charge in [0.1, 0.15) is 23.7 Å². The van der Waals surface area contributed by atoms with Crippen molar-refractivity contribution < 1.29 is 23.8 Å². The third kappa shape index (κ3) is 5.82. The zero-order valence-corrected chi connectivity index (χ0v) is 21.2. The third-order valence-corrected chi connectivity index (χ3v) is 5.81. The summed E-state index contributed by atoms with van der Waals surface area (Å²) in [4.78, 5) is 26.7. The fourth-order valence-electron chi connectivity index (χ4n) is 4.31. The minimum atomic E-state index is -0.535. The summed E-state index contributed by atoms with van der Waals surface area (Å²) < 4.78 is 17.2. The highest BCUT2D eigenvalue weighted by molar-refractivity contribution is 5.94. The van der Waals surface area contributed by atoms with E-state index in [1.807, 2.05) is 43.9 Å². The Labute approximate surface area is 202 Å². The van der Waals surface area contributed by atoms with E-state index in [0.717, 1.165) is 23.3 Å². The van der Waals surface area contributed by atoms with E-state index in [2.05, 4.69) is 19.2 Å². The summed E-state index contributed by atoms with van der Waals surface area (Å²) in [7, 11) is 3.20. The first kappa shape index (κ1) is 25.4. The Morgan fingerprint density at radius 3 is 2.50 bits per heavy atom. The van der Waals surface area contributed by atoms with Gasteiger partial charge in [-0.2, -0.15) is 0 Å². The van der Waals surface area contributed by atoms with Crippen LogP contribution in [0.25, 0.3) is 0 Å². The van der Waals surface area contributed by atoms with Gasteiger partial charge in [0.05, 0.1) is 13.2 Å². The molecule has 3 rings (SSSR count). The molecule has 0 spiro atoms. The molecule has 0 aliphatic carbocycles. The highest BCUT2D eigenvalue weighted by atomic mass is 16.6. The molecule has 0 bridgehead atoms. The van der Waals surface area contributed by atoms with Crippen LogP contribution in [-0.4, -0.2) is 43.2 Å². The zero-order valence-electron chi connectivity index (χ0n) is 21.2. The van der Waals surface area contributed by atoms with Crippen molar-refractivity contribution in [3.8, 4) is 11.5 Å². The van der Waals surface area contributed by atoms with Crippen LogP contribution in [0.15, 0.2) is 36.4 Å². The Balaban J connectivity index is 1.80. The molecule has 1 unspecified atom stereocenters. The number of carbonyl (C=O) groups excluding carboxylic acids is 2. The molecule has 2 aromatic rings. The lowest BCUT2D eigenvalue weighted by molar-refractivity contribution is 0.00876. The highest BCUT2D eigenvalue weighted by Crippen LogP contribution is 2.38. The second-order valence-electron chi connectivity index (χ2n) is 9.87. The summed E-state index contributed by atoms with van der Waals surface area (Å²) in [6, 6.07) is 11.2. The number of carbonyl (C=O) groups is 2. The van der Waals surface area contributed by atoms with Crippen molar-refractivity contribution in [3.63, 3.8) is 0 Å². The van der Waals surface area contributed by atoms with Gasteiger partial charge in [0.25, 0.3) is 5.91 Å². The monoisotopic (exact) mass is 468 g/mol. The third-order valence-electron chi connectivity index (χ3n) is 5.81. The number of rotatable bonds is 6. The molecule has 1 heterocycles. The highest BCUT2D eigenvalue weighted by Gasteiger charge is 2.35. The van der Waals surface area contributed by atoms with Crippen LogP contribution in [0.4, 0.5) is 4.79 Å². The van der Waals surface area contributed by atoms with E-state index in [9.17, 15) is 9.59 Å². The first-order chi connectivity index (χ1) is 16.0. The van der Waals surface area contributed by atoms with Gasteiger partial charge in [-0.05, 0) is 74.6 Å². The number of benzene rings is 2. The van der Waals surface area contributed by atoms with Gasteiger partial charge in [0, 0.05) is 24.7 Å². The summed E-state index contributed by atoms with van der Waals surface area (Å²) >= 11 is 0. The second-order valence-corrected chi connectivity index (χ2v) is 9.87. The van der Waals surface area contributed by atoms with Crippen molar-refractivity contribution in [3.05, 3.63) is 58.7 Å². The molecule has 2 aromatic carbocycles. The first-order valence-electron chi connectivity index (χ1n) is 11.7. The largest absolute Gasteiger partial charge is 0.496 e. The Hall–Kier alpha value is -3.22. The maximum absolute atomic E-state index is 12.9. The lowest BCUT2D eigenvalue weighted by atomic mass is 9.86. The van der Waals surface area contributed by atoms with E-state index in [1.54, 1.807) is 32.4 Å². The molecule has 7 nitrogen and oxygen atoms in total. The van der Waals surface area contributed by atoms with Gasteiger partial charge in [0.2, 0.25) is 0 Å². The average molecular weight is 469 g/mol. The van der Waals surface area contributed by atoms with Gasteiger partial charge < -0.3 is 24.4 Å². The van der Waals surface area contributed by atoms with Gasteiger partial charge in [-0.1, -0.05) is 19.9 Å². The number of methoxy groups -OCH3 is 1. The van der Waals surface area contributed by atoms with Crippen molar-refractivity contribution >= 4 is 12.0 Å². The molecular weight excluding hydrogens is 432 g/mol. The Kier molecular flexibility index (Phi) is 7.75. The van der Waals surface area contributed by atoms with E-state index in [0.29, 0.717) is 17.9 Å². The van der Waals surface area contributed by atoms with Crippen molar-refractivity contribution in [1.82, 2.24) is 10.2 Å². The molecule has 0 aromatic heterocycles. The van der Waals surface area contributed by atoms with Crippen LogP contribution >= 0.6 is 0 Å². The number of nitrogens with one attached hydrogen (secondary N) is 1. The summed E-state index contributed by atoms with van der Waals surface area (Å²) in [5, 5.41) is 2.63. The topological polar surface area (TPSA) is 77.1 Å². The quantitative estimate of drug-likeness (QED) is 0.636. The van der Waals surface area contributed by atoms with Crippen LogP contribution in [0, 0.1) is 5.92 Å². The smallest absolute Gasteiger partial charge is 0.410 e. The van der Waals surface area contributed by atoms with Crippen LogP contribution in [0.5, 0.6) is 11.5 Å². The van der Waals surface area contributed by atoms with E-state index in [-0.39, 0.29) is 30.6 Å². The molecule has 184 valence electrons. The Morgan fingerprint density at radius 2 is 1.88 bits per heavy atom. The average Bonchev–Trinajstić information content (AvgIpc) is 2.79. The van der Waals surface area contributed by atoms with Crippen LogP contribution in [0.3, 0.4) is 0 Å². The fraction of sp³-hybridized carbons (Fsp3) is 0.481. The molecule has 1 atom stereocenters. The maximum Gasteiger partial charge on any atom is 0.410 e. The molecule has 0 radical (unpaired) electrons. The van der Waals surface area contributed by atoms with Gasteiger partial charge in [-0.3, -0.25) is 4.79 Å². The summed E-state index contributed by atoms with van der Waals surface area (Å²) in [6.45, 7) is 10.8. The van der Waals surface area contributed by atoms with Gasteiger partial charge in [0.15, 0.2) is 0 Å². The predicted octanol–water partition coefficient (Wildman–Crippen LogP) is 5.12. The number of nitrogens with zero attached hydrogens (tertiary/aromatic N) is 1. The first-order valence-corrected chi connectivity index (χ1v) is 11.7. The van der Waals surface area contributed by atoms with Crippen molar-refractivity contribution in [2.45, 2.75) is 59.3 Å². The molecule has 1 aliphatic rings. The van der Waals surface area contributed by atoms with Crippen LogP contribution in [-0.2, 0) is 17.8 Å². The normalized spacial score (nSPS) is 15.5. The van der Waals surface area contributed by atoms with Crippen LogP contribution < -0.4 is 14.8 Å². The molecule has 34 heavy (non-hydrogen) atoms. The molecule has 0 saturated carbocycles. The summed E-state index contributed by atoms with van der Waals surface area (Å²) in [6.07, 6.45) is 0.449. The Bertz CT molecular complexity index is 1040. The van der Waals surface area contributed by atoms with E-state index < -0.39 is 5.60 Å². The van der Waals surface area contributed by atoms with E-state index in [4.69, 9.17) is 14.2 Å². The molecule has 2 amide bonds. The minimum Gasteiger partial charge on any atom is -0.496 e. The SMILES string of the molecule is CNC(=O)c1ccc(OC)c(COc2ccc3c(c2)CCN(C(=O)OC(C)(C)C)C3C(C)C)c1. The molecule has 7 heteroatoms. The van der Waals surface area contributed by atoms with Crippen LogP contribution in [0.2, 0.25) is 0 Å². The summed E-state index contributed by atoms with van der Waals surface area (Å²) in [5.41, 5.74) is 3.10. The van der Waals surface area contributed by atoms with Crippen molar-refractivity contribution in [2.24, 2.45) is 5.92 Å². The second kappa shape index (κ2) is 10.4. The predicted molar refractivity (Wildman–Crippen MR) is 131 cm³/mol. The van der Waals surface area contributed by atoms with Gasteiger partial charge in [-0.15, -0.1) is 0 Å². The molecule has 0 fully saturated rings. The molecule has 1 aliphatic heterocycles. The number of ether oxygens (including phenoxy) is 3. The van der Waals surface area contributed by atoms with Gasteiger partial charge in [-0.25, -0.2) is 4.79 Å². The molecule has 0 saturated heterocycles. The molecular formula is C27H36N2O5. The lowest BCUT2D eigenvalue weighted by Gasteiger charge is -2.40. The number of hydrogen-bond donors (Lipinski definition) is 1. The zero-order chi connectivity index (χ0) is 25.0.